The van der Waals surface area contributed by atoms with Crippen LogP contribution in [0, 0.1) is 5.82 Å². The van der Waals surface area contributed by atoms with Crippen molar-refractivity contribution in [2.45, 2.75) is 6.54 Å². The summed E-state index contributed by atoms with van der Waals surface area (Å²) in [5.41, 5.74) is 5.54. The summed E-state index contributed by atoms with van der Waals surface area (Å²) in [6.07, 6.45) is 1.16. The average molecular weight is 315 g/mol. The zero-order valence-electron chi connectivity index (χ0n) is 8.98. The summed E-state index contributed by atoms with van der Waals surface area (Å²) < 4.78 is 18.0. The number of hydrogen-bond donors (Lipinski definition) is 2. The molecule has 1 heterocycles. The maximum absolute atomic E-state index is 13.1. The van der Waals surface area contributed by atoms with Crippen LogP contribution in [0.25, 0.3) is 0 Å². The molecule has 0 aliphatic carbocycles. The molecule has 94 valence electrons. The van der Waals surface area contributed by atoms with Gasteiger partial charge in [-0.3, -0.25) is 4.79 Å². The van der Waals surface area contributed by atoms with Crippen LogP contribution < -0.4 is 11.1 Å². The second kappa shape index (κ2) is 5.13. The fraction of sp³-hybridized carbons (Fsp3) is 0.100. The topological polar surface area (TPSA) is 94.0 Å². The van der Waals surface area contributed by atoms with E-state index in [0.717, 1.165) is 12.5 Å². The van der Waals surface area contributed by atoms with Gasteiger partial charge in [0.25, 0.3) is 5.91 Å². The summed E-state index contributed by atoms with van der Waals surface area (Å²) in [6, 6.07) is 2.39. The van der Waals surface area contributed by atoms with E-state index in [0.29, 0.717) is 10.3 Å². The largest absolute Gasteiger partial charge is 0.396 e. The van der Waals surface area contributed by atoms with Gasteiger partial charge < -0.3 is 15.6 Å². The number of aromatic nitrogens is 2. The molecule has 0 saturated heterocycles. The van der Waals surface area contributed by atoms with Gasteiger partial charge in [0, 0.05) is 4.47 Å². The quantitative estimate of drug-likeness (QED) is 0.837. The number of rotatable bonds is 3. The maximum Gasteiger partial charge on any atom is 0.252 e. The normalized spacial score (nSPS) is 10.3. The van der Waals surface area contributed by atoms with Crippen molar-refractivity contribution in [1.82, 2.24) is 15.5 Å². The molecule has 2 rings (SSSR count). The zero-order valence-corrected chi connectivity index (χ0v) is 10.6. The van der Waals surface area contributed by atoms with E-state index in [1.807, 2.05) is 0 Å². The van der Waals surface area contributed by atoms with Crippen LogP contribution in [-0.4, -0.2) is 16.0 Å². The highest BCUT2D eigenvalue weighted by atomic mass is 79.9. The molecule has 0 spiro atoms. The van der Waals surface area contributed by atoms with E-state index in [1.165, 1.54) is 6.07 Å². The first-order chi connectivity index (χ1) is 8.58. The Kier molecular flexibility index (Phi) is 3.56. The van der Waals surface area contributed by atoms with Crippen LogP contribution in [-0.2, 0) is 6.54 Å². The first-order valence-electron chi connectivity index (χ1n) is 4.86. The molecule has 0 atom stereocenters. The Balaban J connectivity index is 2.11. The minimum Gasteiger partial charge on any atom is -0.396 e. The molecule has 1 aromatic heterocycles. The van der Waals surface area contributed by atoms with E-state index in [4.69, 9.17) is 5.73 Å². The van der Waals surface area contributed by atoms with Gasteiger partial charge in [-0.25, -0.2) is 4.39 Å². The Morgan fingerprint density at radius 3 is 3.00 bits per heavy atom. The summed E-state index contributed by atoms with van der Waals surface area (Å²) >= 11 is 3.09. The summed E-state index contributed by atoms with van der Waals surface area (Å²) in [4.78, 5) is 15.6. The van der Waals surface area contributed by atoms with Gasteiger partial charge in [-0.1, -0.05) is 5.16 Å². The lowest BCUT2D eigenvalue weighted by Crippen LogP contribution is -2.24. The highest BCUT2D eigenvalue weighted by Gasteiger charge is 2.13. The molecule has 0 radical (unpaired) electrons. The smallest absolute Gasteiger partial charge is 0.252 e. The molecule has 0 aliphatic rings. The van der Waals surface area contributed by atoms with Crippen LogP contribution in [0.1, 0.15) is 16.2 Å². The third-order valence-electron chi connectivity index (χ3n) is 2.14. The Morgan fingerprint density at radius 1 is 1.56 bits per heavy atom. The fourth-order valence-corrected chi connectivity index (χ4v) is 1.76. The number of hydrogen-bond acceptors (Lipinski definition) is 5. The molecule has 0 bridgehead atoms. The number of nitrogen functional groups attached to an aromatic ring is 1. The van der Waals surface area contributed by atoms with E-state index >= 15 is 0 Å². The third kappa shape index (κ3) is 2.65. The first kappa shape index (κ1) is 12.5. The van der Waals surface area contributed by atoms with Gasteiger partial charge in [0.15, 0.2) is 5.82 Å². The number of anilines is 1. The summed E-state index contributed by atoms with van der Waals surface area (Å²) in [5, 5.41) is 6.10. The summed E-state index contributed by atoms with van der Waals surface area (Å²) in [7, 11) is 0. The molecule has 0 fully saturated rings. The van der Waals surface area contributed by atoms with Crippen molar-refractivity contribution >= 4 is 27.5 Å². The van der Waals surface area contributed by atoms with Crippen LogP contribution in [0.15, 0.2) is 27.5 Å². The van der Waals surface area contributed by atoms with Crippen molar-refractivity contribution in [2.24, 2.45) is 0 Å². The molecule has 1 amide bonds. The monoisotopic (exact) mass is 314 g/mol. The van der Waals surface area contributed by atoms with E-state index in [-0.39, 0.29) is 17.8 Å². The van der Waals surface area contributed by atoms with Crippen molar-refractivity contribution in [3.63, 3.8) is 0 Å². The van der Waals surface area contributed by atoms with Gasteiger partial charge in [0.2, 0.25) is 6.39 Å². The van der Waals surface area contributed by atoms with Crippen molar-refractivity contribution in [3.05, 3.63) is 40.2 Å². The number of nitrogens with two attached hydrogens (primary N) is 1. The van der Waals surface area contributed by atoms with Crippen molar-refractivity contribution in [1.29, 1.82) is 0 Å². The zero-order chi connectivity index (χ0) is 13.1. The molecule has 6 nitrogen and oxygen atoms in total. The lowest BCUT2D eigenvalue weighted by Gasteiger charge is -2.06. The molecule has 0 aliphatic heterocycles. The molecule has 8 heteroatoms. The van der Waals surface area contributed by atoms with Gasteiger partial charge >= 0.3 is 0 Å². The number of benzene rings is 1. The number of amides is 1. The Labute approximate surface area is 109 Å². The predicted octanol–water partition coefficient (Wildman–Crippen LogP) is 1.48. The van der Waals surface area contributed by atoms with Gasteiger partial charge in [0.1, 0.15) is 5.82 Å². The van der Waals surface area contributed by atoms with Crippen LogP contribution in [0.5, 0.6) is 0 Å². The van der Waals surface area contributed by atoms with Gasteiger partial charge in [-0.05, 0) is 28.1 Å². The minimum atomic E-state index is -0.586. The Hall–Kier alpha value is -1.96. The highest BCUT2D eigenvalue weighted by Crippen LogP contribution is 2.22. The average Bonchev–Trinajstić information content (AvgIpc) is 2.84. The molecule has 2 aromatic rings. The molecular formula is C10H8BrFN4O2. The lowest BCUT2D eigenvalue weighted by atomic mass is 10.2. The molecule has 3 N–H and O–H groups in total. The van der Waals surface area contributed by atoms with E-state index in [2.05, 4.69) is 35.9 Å². The van der Waals surface area contributed by atoms with Crippen LogP contribution in [0.2, 0.25) is 0 Å². The molecule has 0 saturated carbocycles. The second-order valence-corrected chi connectivity index (χ2v) is 4.24. The Morgan fingerprint density at radius 2 is 2.33 bits per heavy atom. The second-order valence-electron chi connectivity index (χ2n) is 3.38. The van der Waals surface area contributed by atoms with E-state index in [9.17, 15) is 9.18 Å². The third-order valence-corrected chi connectivity index (χ3v) is 2.80. The fourth-order valence-electron chi connectivity index (χ4n) is 1.26. The van der Waals surface area contributed by atoms with Gasteiger partial charge in [0.05, 0.1) is 17.8 Å². The van der Waals surface area contributed by atoms with Crippen LogP contribution in [0.3, 0.4) is 0 Å². The molecular weight excluding hydrogens is 307 g/mol. The van der Waals surface area contributed by atoms with Crippen LogP contribution in [0.4, 0.5) is 10.1 Å². The van der Waals surface area contributed by atoms with Crippen LogP contribution >= 0.6 is 15.9 Å². The first-order valence-corrected chi connectivity index (χ1v) is 5.65. The van der Waals surface area contributed by atoms with Gasteiger partial charge in [-0.15, -0.1) is 0 Å². The SMILES string of the molecule is Nc1cc(C(=O)NCc2ncon2)c(Br)cc1F. The number of nitrogens with one attached hydrogen (secondary N) is 1. The van der Waals surface area contributed by atoms with Crippen molar-refractivity contribution < 1.29 is 13.7 Å². The maximum atomic E-state index is 13.1. The minimum absolute atomic E-state index is 0.0945. The number of nitrogens with zero attached hydrogens (tertiary/aromatic N) is 2. The standard InChI is InChI=1S/C10H8BrFN4O2/c11-6-2-7(12)8(13)1-5(6)10(17)14-3-9-15-4-18-16-9/h1-2,4H,3,13H2,(H,14,17). The lowest BCUT2D eigenvalue weighted by molar-refractivity contribution is 0.0949. The highest BCUT2D eigenvalue weighted by molar-refractivity contribution is 9.10. The van der Waals surface area contributed by atoms with E-state index < -0.39 is 11.7 Å². The molecule has 1 aromatic carbocycles. The predicted molar refractivity (Wildman–Crippen MR) is 64.0 cm³/mol. The Bertz CT molecular complexity index is 574. The summed E-state index contributed by atoms with van der Waals surface area (Å²) in [5.74, 6) is -0.662. The number of halogens is 2. The number of carbonyl (C=O) groups is 1. The van der Waals surface area contributed by atoms with Gasteiger partial charge in [-0.2, -0.15) is 4.98 Å². The summed E-state index contributed by atoms with van der Waals surface area (Å²) in [6.45, 7) is 0.110. The van der Waals surface area contributed by atoms with Crippen molar-refractivity contribution in [2.75, 3.05) is 5.73 Å². The molecule has 18 heavy (non-hydrogen) atoms. The van der Waals surface area contributed by atoms with Crippen molar-refractivity contribution in [3.8, 4) is 0 Å². The van der Waals surface area contributed by atoms with E-state index in [1.54, 1.807) is 0 Å². The molecule has 0 unspecified atom stereocenters. The number of carbonyl (C=O) groups excluding carboxylic acids is 1.